The van der Waals surface area contributed by atoms with Crippen molar-refractivity contribution in [3.05, 3.63) is 34.1 Å². The number of halogens is 2. The number of aliphatic hydroxyl groups excluding tert-OH is 1. The Morgan fingerprint density at radius 3 is 2.78 bits per heavy atom. The third kappa shape index (κ3) is 3.51. The Hall–Kier alpha value is -1.18. The quantitative estimate of drug-likeness (QED) is 0.837. The summed E-state index contributed by atoms with van der Waals surface area (Å²) in [5.41, 5.74) is 1.08. The molecule has 0 spiro atoms. The molecular formula is C16H20BrFN2O3. The second-order valence-corrected chi connectivity index (χ2v) is 7.13. The monoisotopic (exact) mass is 386 g/mol. The molecule has 7 heteroatoms. The van der Waals surface area contributed by atoms with Crippen molar-refractivity contribution in [2.24, 2.45) is 0 Å². The lowest BCUT2D eigenvalue weighted by Crippen LogP contribution is -2.53. The Bertz CT molecular complexity index is 595. The summed E-state index contributed by atoms with van der Waals surface area (Å²) in [7, 11) is 1.67. The van der Waals surface area contributed by atoms with E-state index in [1.54, 1.807) is 19.2 Å². The average Bonchev–Trinajstić information content (AvgIpc) is 2.90. The fraction of sp³-hybridized carbons (Fsp3) is 0.562. The number of nitrogens with zero attached hydrogens (tertiary/aromatic N) is 1. The van der Waals surface area contributed by atoms with Crippen LogP contribution in [0.2, 0.25) is 0 Å². The molecule has 23 heavy (non-hydrogen) atoms. The highest BCUT2D eigenvalue weighted by Gasteiger charge is 2.36. The Balaban J connectivity index is 1.49. The fourth-order valence-corrected chi connectivity index (χ4v) is 3.50. The van der Waals surface area contributed by atoms with Gasteiger partial charge in [0.25, 0.3) is 0 Å². The van der Waals surface area contributed by atoms with Gasteiger partial charge in [0.2, 0.25) is 0 Å². The fourth-order valence-electron chi connectivity index (χ4n) is 3.10. The maximum absolute atomic E-state index is 13.3. The second kappa shape index (κ2) is 6.75. The summed E-state index contributed by atoms with van der Waals surface area (Å²) in [5.74, 6) is 0.0693. The summed E-state index contributed by atoms with van der Waals surface area (Å²) in [6, 6.07) is 4.68. The number of hydrogen-bond donors (Lipinski definition) is 2. The molecule has 0 unspecified atom stereocenters. The molecule has 3 rings (SSSR count). The van der Waals surface area contributed by atoms with Crippen molar-refractivity contribution < 1.29 is 19.0 Å². The summed E-state index contributed by atoms with van der Waals surface area (Å²) in [5, 5.41) is 12.7. The Morgan fingerprint density at radius 2 is 2.17 bits per heavy atom. The van der Waals surface area contributed by atoms with E-state index in [-0.39, 0.29) is 30.5 Å². The lowest BCUT2D eigenvalue weighted by molar-refractivity contribution is 0.101. The van der Waals surface area contributed by atoms with E-state index >= 15 is 0 Å². The number of amides is 2. The number of aliphatic hydroxyl groups is 1. The molecule has 1 saturated heterocycles. The number of urea groups is 1. The van der Waals surface area contributed by atoms with Crippen LogP contribution in [0.4, 0.5) is 9.18 Å². The number of carbonyl (C=O) groups is 1. The van der Waals surface area contributed by atoms with Gasteiger partial charge in [-0.1, -0.05) is 6.07 Å². The van der Waals surface area contributed by atoms with Gasteiger partial charge < -0.3 is 20.1 Å². The van der Waals surface area contributed by atoms with Gasteiger partial charge in [0.15, 0.2) is 0 Å². The van der Waals surface area contributed by atoms with Crippen LogP contribution in [0.15, 0.2) is 22.7 Å². The van der Waals surface area contributed by atoms with Gasteiger partial charge in [-0.25, -0.2) is 9.18 Å². The summed E-state index contributed by atoms with van der Waals surface area (Å²) < 4.78 is 18.9. The minimum atomic E-state index is -0.628. The molecule has 0 bridgehead atoms. The van der Waals surface area contributed by atoms with Crippen LogP contribution in [0.25, 0.3) is 0 Å². The maximum Gasteiger partial charge on any atom is 0.317 e. The summed E-state index contributed by atoms with van der Waals surface area (Å²) in [6.45, 7) is 0.634. The molecule has 5 nitrogen and oxygen atoms in total. The highest BCUT2D eigenvalue weighted by molar-refractivity contribution is 9.10. The first-order valence-corrected chi connectivity index (χ1v) is 8.49. The van der Waals surface area contributed by atoms with E-state index in [0.29, 0.717) is 17.0 Å². The molecule has 0 aromatic heterocycles. The molecule has 0 radical (unpaired) electrons. The zero-order chi connectivity index (χ0) is 16.6. The van der Waals surface area contributed by atoms with Gasteiger partial charge in [-0.2, -0.15) is 0 Å². The largest absolute Gasteiger partial charge is 0.388 e. The average molecular weight is 387 g/mol. The van der Waals surface area contributed by atoms with Gasteiger partial charge in [0, 0.05) is 13.1 Å². The van der Waals surface area contributed by atoms with E-state index in [1.165, 1.54) is 11.0 Å². The van der Waals surface area contributed by atoms with Crippen LogP contribution >= 0.6 is 15.9 Å². The molecule has 1 heterocycles. The minimum absolute atomic E-state index is 0.109. The van der Waals surface area contributed by atoms with E-state index in [4.69, 9.17) is 4.74 Å². The van der Waals surface area contributed by atoms with Crippen LogP contribution in [0.1, 0.15) is 24.3 Å². The molecule has 2 amide bonds. The molecular weight excluding hydrogens is 367 g/mol. The number of likely N-dealkylation sites (N-methyl/N-ethyl adjacent to an activating group) is 1. The van der Waals surface area contributed by atoms with Gasteiger partial charge >= 0.3 is 6.03 Å². The zero-order valence-corrected chi connectivity index (χ0v) is 14.4. The third-order valence-corrected chi connectivity index (χ3v) is 5.33. The van der Waals surface area contributed by atoms with E-state index in [9.17, 15) is 14.3 Å². The first-order valence-electron chi connectivity index (χ1n) is 7.69. The Labute approximate surface area is 142 Å². The highest BCUT2D eigenvalue weighted by Crippen LogP contribution is 2.38. The summed E-state index contributed by atoms with van der Waals surface area (Å²) >= 11 is 3.20. The molecule has 126 valence electrons. The lowest BCUT2D eigenvalue weighted by atomic mass is 9.76. The lowest BCUT2D eigenvalue weighted by Gasteiger charge is -2.38. The molecule has 1 aromatic rings. The number of nitrogens with one attached hydrogen (secondary N) is 1. The zero-order valence-electron chi connectivity index (χ0n) is 12.8. The van der Waals surface area contributed by atoms with Crippen molar-refractivity contribution in [1.29, 1.82) is 0 Å². The molecule has 2 fully saturated rings. The predicted molar refractivity (Wildman–Crippen MR) is 86.8 cm³/mol. The standard InChI is InChI=1S/C16H20BrFN2O3/c1-20(14-7-23-8-15(14)21)16(22)19-11-4-10(5-11)9-2-3-13(18)12(17)6-9/h2-3,6,10-11,14-15,21H,4-5,7-8H2,1H3,(H,19,22)/t10?,11?,14-,15-/m1/s1. The molecule has 2 atom stereocenters. The van der Waals surface area contributed by atoms with E-state index in [1.807, 2.05) is 0 Å². The first-order chi connectivity index (χ1) is 11.0. The van der Waals surface area contributed by atoms with Crippen molar-refractivity contribution >= 4 is 22.0 Å². The van der Waals surface area contributed by atoms with Crippen LogP contribution in [-0.2, 0) is 4.74 Å². The van der Waals surface area contributed by atoms with Gasteiger partial charge in [-0.15, -0.1) is 0 Å². The second-order valence-electron chi connectivity index (χ2n) is 6.27. The van der Waals surface area contributed by atoms with Crippen LogP contribution in [0.3, 0.4) is 0 Å². The number of carbonyl (C=O) groups excluding carboxylic acids is 1. The van der Waals surface area contributed by atoms with Crippen LogP contribution in [-0.4, -0.2) is 54.5 Å². The highest BCUT2D eigenvalue weighted by atomic mass is 79.9. The number of hydrogen-bond acceptors (Lipinski definition) is 3. The predicted octanol–water partition coefficient (Wildman–Crippen LogP) is 2.24. The SMILES string of the molecule is CN(C(=O)NC1CC(c2ccc(F)c(Br)c2)C1)[C@@H]1COC[C@H]1O. The van der Waals surface area contributed by atoms with Gasteiger partial charge in [-0.05, 0) is 52.4 Å². The number of rotatable bonds is 3. The van der Waals surface area contributed by atoms with Crippen molar-refractivity contribution in [3.8, 4) is 0 Å². The molecule has 2 aliphatic rings. The topological polar surface area (TPSA) is 61.8 Å². The van der Waals surface area contributed by atoms with Crippen molar-refractivity contribution in [3.63, 3.8) is 0 Å². The van der Waals surface area contributed by atoms with Crippen molar-refractivity contribution in [1.82, 2.24) is 10.2 Å². The van der Waals surface area contributed by atoms with Crippen LogP contribution in [0.5, 0.6) is 0 Å². The normalized spacial score (nSPS) is 29.9. The Kier molecular flexibility index (Phi) is 4.89. The van der Waals surface area contributed by atoms with Crippen molar-refractivity contribution in [2.75, 3.05) is 20.3 Å². The first kappa shape index (κ1) is 16.7. The van der Waals surface area contributed by atoms with E-state index in [0.717, 1.165) is 18.4 Å². The molecule has 1 aromatic carbocycles. The molecule has 2 N–H and O–H groups in total. The van der Waals surface area contributed by atoms with Gasteiger partial charge in [0.1, 0.15) is 5.82 Å². The molecule has 1 aliphatic carbocycles. The summed E-state index contributed by atoms with van der Waals surface area (Å²) in [6.07, 6.45) is 1.04. The Morgan fingerprint density at radius 1 is 1.43 bits per heavy atom. The van der Waals surface area contributed by atoms with E-state index < -0.39 is 6.10 Å². The number of ether oxygens (including phenoxy) is 1. The molecule has 1 aliphatic heterocycles. The maximum atomic E-state index is 13.3. The number of benzene rings is 1. The van der Waals surface area contributed by atoms with Gasteiger partial charge in [-0.3, -0.25) is 0 Å². The van der Waals surface area contributed by atoms with Crippen LogP contribution < -0.4 is 5.32 Å². The smallest absolute Gasteiger partial charge is 0.317 e. The third-order valence-electron chi connectivity index (χ3n) is 4.72. The minimum Gasteiger partial charge on any atom is -0.388 e. The van der Waals surface area contributed by atoms with Crippen molar-refractivity contribution in [2.45, 2.75) is 36.9 Å². The van der Waals surface area contributed by atoms with Gasteiger partial charge in [0.05, 0.1) is 29.8 Å². The molecule has 1 saturated carbocycles. The summed E-state index contributed by atoms with van der Waals surface area (Å²) in [4.78, 5) is 13.7. The van der Waals surface area contributed by atoms with E-state index in [2.05, 4.69) is 21.2 Å². The van der Waals surface area contributed by atoms with Crippen LogP contribution in [0, 0.1) is 5.82 Å².